The van der Waals surface area contributed by atoms with Crippen LogP contribution in [0.15, 0.2) is 30.3 Å². The van der Waals surface area contributed by atoms with Gasteiger partial charge in [-0.15, -0.1) is 0 Å². The second-order valence-corrected chi connectivity index (χ2v) is 9.32. The minimum absolute atomic E-state index is 0.122. The van der Waals surface area contributed by atoms with E-state index in [0.717, 1.165) is 5.56 Å². The van der Waals surface area contributed by atoms with Gasteiger partial charge in [-0.2, -0.15) is 0 Å². The predicted octanol–water partition coefficient (Wildman–Crippen LogP) is 1.06. The Balaban J connectivity index is 3.08. The first-order valence-corrected chi connectivity index (χ1v) is 11.3. The van der Waals surface area contributed by atoms with Gasteiger partial charge in [-0.1, -0.05) is 71.9 Å². The third kappa shape index (κ3) is 8.84. The summed E-state index contributed by atoms with van der Waals surface area (Å²) in [7, 11) is 0. The van der Waals surface area contributed by atoms with Gasteiger partial charge in [0.25, 0.3) is 0 Å². The van der Waals surface area contributed by atoms with Gasteiger partial charge in [0.05, 0.1) is 6.04 Å². The Bertz CT molecular complexity index is 810. The van der Waals surface area contributed by atoms with E-state index in [1.807, 2.05) is 44.2 Å². The lowest BCUT2D eigenvalue weighted by molar-refractivity contribution is -0.143. The normalized spacial score (nSPS) is 15.0. The number of carboxylic acid groups (broad SMARTS) is 1. The molecule has 6 N–H and O–H groups in total. The van der Waals surface area contributed by atoms with E-state index in [1.54, 1.807) is 27.7 Å². The number of carbonyl (C=O) groups excluding carboxylic acids is 3. The molecule has 0 heterocycles. The molecule has 3 amide bonds. The quantitative estimate of drug-likeness (QED) is 0.313. The standard InChI is InChI=1S/C24H38N4O5/c1-13(2)18(25)22(30)26-17(12-16-10-8-7-9-11-16)21(29)27-19(14(3)4)23(31)28-20(15(5)6)24(32)33/h7-11,13-15,17-20H,12,25H2,1-6H3,(H,26,30)(H,27,29)(H,28,31)(H,32,33). The van der Waals surface area contributed by atoms with Gasteiger partial charge in [-0.3, -0.25) is 14.4 Å². The number of rotatable bonds is 12. The minimum atomic E-state index is -1.15. The summed E-state index contributed by atoms with van der Waals surface area (Å²) in [5.74, 6) is -3.53. The number of carbonyl (C=O) groups is 4. The lowest BCUT2D eigenvalue weighted by atomic mass is 9.98. The molecule has 9 heteroatoms. The second-order valence-electron chi connectivity index (χ2n) is 9.32. The largest absolute Gasteiger partial charge is 0.480 e. The van der Waals surface area contributed by atoms with Gasteiger partial charge in [-0.25, -0.2) is 4.79 Å². The van der Waals surface area contributed by atoms with Crippen molar-refractivity contribution in [2.24, 2.45) is 23.5 Å². The molecule has 0 aromatic heterocycles. The molecule has 0 aliphatic carbocycles. The minimum Gasteiger partial charge on any atom is -0.480 e. The van der Waals surface area contributed by atoms with E-state index in [9.17, 15) is 24.3 Å². The molecule has 0 fully saturated rings. The summed E-state index contributed by atoms with van der Waals surface area (Å²) in [6, 6.07) is 5.36. The molecule has 0 saturated carbocycles. The van der Waals surface area contributed by atoms with Gasteiger partial charge >= 0.3 is 5.97 Å². The van der Waals surface area contributed by atoms with Gasteiger partial charge in [0, 0.05) is 6.42 Å². The number of carboxylic acids is 1. The summed E-state index contributed by atoms with van der Waals surface area (Å²) in [6.45, 7) is 10.5. The Hall–Kier alpha value is -2.94. The summed E-state index contributed by atoms with van der Waals surface area (Å²) in [5.41, 5.74) is 6.77. The Morgan fingerprint density at radius 2 is 1.27 bits per heavy atom. The molecule has 0 spiro atoms. The molecule has 184 valence electrons. The van der Waals surface area contributed by atoms with Crippen molar-refractivity contribution in [3.05, 3.63) is 35.9 Å². The molecule has 1 aromatic rings. The van der Waals surface area contributed by atoms with E-state index in [2.05, 4.69) is 16.0 Å². The first-order chi connectivity index (χ1) is 15.3. The lowest BCUT2D eigenvalue weighted by Crippen LogP contribution is -2.59. The smallest absolute Gasteiger partial charge is 0.326 e. The van der Waals surface area contributed by atoms with Crippen molar-refractivity contribution in [3.8, 4) is 0 Å². The van der Waals surface area contributed by atoms with Crippen LogP contribution in [0, 0.1) is 17.8 Å². The van der Waals surface area contributed by atoms with Crippen molar-refractivity contribution in [2.45, 2.75) is 72.1 Å². The number of hydrogen-bond donors (Lipinski definition) is 5. The van der Waals surface area contributed by atoms with Crippen LogP contribution >= 0.6 is 0 Å². The monoisotopic (exact) mass is 462 g/mol. The van der Waals surface area contributed by atoms with Crippen LogP contribution in [0.4, 0.5) is 0 Å². The van der Waals surface area contributed by atoms with Crippen LogP contribution in [0.5, 0.6) is 0 Å². The van der Waals surface area contributed by atoms with Gasteiger partial charge < -0.3 is 26.8 Å². The van der Waals surface area contributed by atoms with Gasteiger partial charge in [0.15, 0.2) is 0 Å². The highest BCUT2D eigenvalue weighted by atomic mass is 16.4. The van der Waals surface area contributed by atoms with Crippen molar-refractivity contribution in [3.63, 3.8) is 0 Å². The van der Waals surface area contributed by atoms with Crippen LogP contribution in [-0.4, -0.2) is 53.0 Å². The van der Waals surface area contributed by atoms with E-state index in [0.29, 0.717) is 0 Å². The number of hydrogen-bond acceptors (Lipinski definition) is 5. The predicted molar refractivity (Wildman–Crippen MR) is 126 cm³/mol. The molecular formula is C24H38N4O5. The molecule has 9 nitrogen and oxygen atoms in total. The topological polar surface area (TPSA) is 151 Å². The fourth-order valence-electron chi connectivity index (χ4n) is 3.18. The van der Waals surface area contributed by atoms with Crippen molar-refractivity contribution in [2.75, 3.05) is 0 Å². The van der Waals surface area contributed by atoms with E-state index < -0.39 is 47.9 Å². The van der Waals surface area contributed by atoms with Crippen LogP contribution in [0.2, 0.25) is 0 Å². The molecule has 1 aromatic carbocycles. The van der Waals surface area contributed by atoms with Crippen molar-refractivity contribution >= 4 is 23.7 Å². The van der Waals surface area contributed by atoms with E-state index >= 15 is 0 Å². The average molecular weight is 463 g/mol. The van der Waals surface area contributed by atoms with Crippen LogP contribution in [0.25, 0.3) is 0 Å². The zero-order valence-electron chi connectivity index (χ0n) is 20.3. The van der Waals surface area contributed by atoms with Crippen LogP contribution in [0.3, 0.4) is 0 Å². The molecule has 0 radical (unpaired) electrons. The third-order valence-corrected chi connectivity index (χ3v) is 5.41. The number of benzene rings is 1. The molecule has 0 aliphatic heterocycles. The highest BCUT2D eigenvalue weighted by molar-refractivity contribution is 5.94. The fraction of sp³-hybridized carbons (Fsp3) is 0.583. The van der Waals surface area contributed by atoms with Gasteiger partial charge in [0.1, 0.15) is 18.1 Å². The molecule has 0 bridgehead atoms. The summed E-state index contributed by atoms with van der Waals surface area (Å²) in [4.78, 5) is 50.1. The Morgan fingerprint density at radius 1 is 0.758 bits per heavy atom. The maximum Gasteiger partial charge on any atom is 0.326 e. The van der Waals surface area contributed by atoms with Crippen molar-refractivity contribution in [1.82, 2.24) is 16.0 Å². The first-order valence-electron chi connectivity index (χ1n) is 11.3. The summed E-state index contributed by atoms with van der Waals surface area (Å²) < 4.78 is 0. The molecule has 4 unspecified atom stereocenters. The average Bonchev–Trinajstić information content (AvgIpc) is 2.74. The van der Waals surface area contributed by atoms with Gasteiger partial charge in [0.2, 0.25) is 17.7 Å². The molecule has 4 atom stereocenters. The highest BCUT2D eigenvalue weighted by Crippen LogP contribution is 2.09. The molecule has 0 saturated heterocycles. The summed E-state index contributed by atoms with van der Waals surface area (Å²) in [5, 5.41) is 17.3. The zero-order valence-corrected chi connectivity index (χ0v) is 20.3. The summed E-state index contributed by atoms with van der Waals surface area (Å²) >= 11 is 0. The third-order valence-electron chi connectivity index (χ3n) is 5.41. The number of nitrogens with one attached hydrogen (secondary N) is 3. The maximum atomic E-state index is 13.2. The Morgan fingerprint density at radius 3 is 1.73 bits per heavy atom. The number of aliphatic carboxylic acids is 1. The van der Waals surface area contributed by atoms with E-state index in [-0.39, 0.29) is 24.2 Å². The number of nitrogens with two attached hydrogens (primary N) is 1. The van der Waals surface area contributed by atoms with Crippen LogP contribution < -0.4 is 21.7 Å². The van der Waals surface area contributed by atoms with Crippen molar-refractivity contribution < 1.29 is 24.3 Å². The van der Waals surface area contributed by atoms with Crippen molar-refractivity contribution in [1.29, 1.82) is 0 Å². The summed E-state index contributed by atoms with van der Waals surface area (Å²) in [6.07, 6.45) is 0.208. The van der Waals surface area contributed by atoms with E-state index in [1.165, 1.54) is 0 Å². The molecule has 0 aliphatic rings. The zero-order chi connectivity index (χ0) is 25.3. The van der Waals surface area contributed by atoms with E-state index in [4.69, 9.17) is 5.73 Å². The highest BCUT2D eigenvalue weighted by Gasteiger charge is 2.33. The molecular weight excluding hydrogens is 424 g/mol. The van der Waals surface area contributed by atoms with Crippen LogP contribution in [-0.2, 0) is 25.6 Å². The number of amides is 3. The lowest BCUT2D eigenvalue weighted by Gasteiger charge is -2.28. The second kappa shape index (κ2) is 12.9. The Kier molecular flexibility index (Phi) is 11.0. The maximum absolute atomic E-state index is 13.2. The van der Waals surface area contributed by atoms with Crippen LogP contribution in [0.1, 0.15) is 47.1 Å². The SMILES string of the molecule is CC(C)C(N)C(=O)NC(Cc1ccccc1)C(=O)NC(C(=O)NC(C(=O)O)C(C)C)C(C)C. The first kappa shape index (κ1) is 28.1. The molecule has 33 heavy (non-hydrogen) atoms. The molecule has 1 rings (SSSR count). The van der Waals surface area contributed by atoms with Gasteiger partial charge in [-0.05, 0) is 23.3 Å². The fourth-order valence-corrected chi connectivity index (χ4v) is 3.18. The Labute approximate surface area is 195 Å².